The first-order valence-corrected chi connectivity index (χ1v) is 18.2. The molecule has 1 unspecified atom stereocenters. The minimum absolute atomic E-state index is 0.111. The van der Waals surface area contributed by atoms with E-state index in [0.717, 1.165) is 82.8 Å². The molecule has 5 aromatic rings. The smallest absolute Gasteiger partial charge is 0.407 e. The number of hydrogen-bond acceptors (Lipinski definition) is 6. The molecule has 3 atom stereocenters. The quantitative estimate of drug-likeness (QED) is 0.129. The summed E-state index contributed by atoms with van der Waals surface area (Å²) in [4.78, 5) is 43.6. The van der Waals surface area contributed by atoms with Gasteiger partial charge in [-0.3, -0.25) is 4.79 Å². The number of hydrogen-bond donors (Lipinski definition) is 4. The number of amides is 2. The van der Waals surface area contributed by atoms with Crippen LogP contribution in [0.5, 0.6) is 0 Å². The largest absolute Gasteiger partial charge is 0.453 e. The van der Waals surface area contributed by atoms with Gasteiger partial charge in [-0.05, 0) is 90.3 Å². The number of nitrogens with zero attached hydrogens (tertiary/aromatic N) is 3. The highest BCUT2D eigenvalue weighted by atomic mass is 16.5. The molecule has 2 amide bonds. The van der Waals surface area contributed by atoms with Gasteiger partial charge in [0.15, 0.2) is 0 Å². The summed E-state index contributed by atoms with van der Waals surface area (Å²) in [6, 6.07) is 24.3. The van der Waals surface area contributed by atoms with Crippen molar-refractivity contribution in [3.8, 4) is 57.2 Å². The number of carbonyl (C=O) groups excluding carboxylic acids is 2. The molecule has 2 aliphatic rings. The fourth-order valence-corrected chi connectivity index (χ4v) is 7.07. The van der Waals surface area contributed by atoms with E-state index in [1.807, 2.05) is 55.3 Å². The van der Waals surface area contributed by atoms with Crippen molar-refractivity contribution in [3.63, 3.8) is 0 Å². The number of imidazole rings is 2. The van der Waals surface area contributed by atoms with Crippen LogP contribution in [0.4, 0.5) is 4.79 Å². The summed E-state index contributed by atoms with van der Waals surface area (Å²) >= 11 is 0. The average Bonchev–Trinajstić information content (AvgIpc) is 4.03. The molecule has 0 saturated carbocycles. The summed E-state index contributed by atoms with van der Waals surface area (Å²) in [5.41, 5.74) is 7.64. The Balaban J connectivity index is 1.17. The first-order valence-electron chi connectivity index (χ1n) is 18.2. The maximum atomic E-state index is 13.7. The summed E-state index contributed by atoms with van der Waals surface area (Å²) in [5, 5.41) is 6.17. The highest BCUT2D eigenvalue weighted by Gasteiger charge is 2.37. The highest BCUT2D eigenvalue weighted by molar-refractivity contribution is 5.86. The molecular weight excluding hydrogens is 663 g/mol. The van der Waals surface area contributed by atoms with Crippen LogP contribution >= 0.6 is 0 Å². The SMILES string of the molecule is COC(=O)N[C@H](C(=O)N1CCC[C@H]1c1ncc(-c2ccc(C#CC#Cc3cnc(C4CCCN4)[nH]3)c(-c3ccc(-c4ccccc4)cc3)c2)[nH]1)C(C)C. The number of alkyl carbamates (subject to hydrolysis) is 1. The van der Waals surface area contributed by atoms with Crippen molar-refractivity contribution in [2.45, 2.75) is 57.7 Å². The maximum Gasteiger partial charge on any atom is 0.407 e. The Morgan fingerprint density at radius 1 is 0.849 bits per heavy atom. The van der Waals surface area contributed by atoms with Crippen molar-refractivity contribution in [3.05, 3.63) is 108 Å². The van der Waals surface area contributed by atoms with Crippen LogP contribution < -0.4 is 10.6 Å². The van der Waals surface area contributed by atoms with Crippen molar-refractivity contribution in [1.29, 1.82) is 0 Å². The zero-order chi connectivity index (χ0) is 36.7. The van der Waals surface area contributed by atoms with Gasteiger partial charge in [0, 0.05) is 17.7 Å². The number of rotatable bonds is 8. The topological polar surface area (TPSA) is 128 Å². The van der Waals surface area contributed by atoms with E-state index in [4.69, 9.17) is 9.72 Å². The first kappa shape index (κ1) is 35.3. The van der Waals surface area contributed by atoms with Gasteiger partial charge in [-0.1, -0.05) is 80.4 Å². The Bertz CT molecular complexity index is 2190. The Morgan fingerprint density at radius 2 is 1.58 bits per heavy atom. The van der Waals surface area contributed by atoms with Gasteiger partial charge < -0.3 is 30.2 Å². The zero-order valence-corrected chi connectivity index (χ0v) is 30.2. The molecule has 0 spiro atoms. The molecule has 2 saturated heterocycles. The number of aromatic nitrogens is 4. The fourth-order valence-electron chi connectivity index (χ4n) is 7.07. The van der Waals surface area contributed by atoms with Gasteiger partial charge in [-0.25, -0.2) is 14.8 Å². The van der Waals surface area contributed by atoms with Gasteiger partial charge in [-0.15, -0.1) is 0 Å². The third-order valence-corrected chi connectivity index (χ3v) is 9.91. The van der Waals surface area contributed by atoms with E-state index in [-0.39, 0.29) is 23.9 Å². The van der Waals surface area contributed by atoms with E-state index in [9.17, 15) is 9.59 Å². The van der Waals surface area contributed by atoms with Gasteiger partial charge in [0.1, 0.15) is 23.4 Å². The number of likely N-dealkylation sites (tertiary alicyclic amines) is 1. The minimum atomic E-state index is -0.696. The molecule has 0 aliphatic carbocycles. The number of ether oxygens (including phenoxy) is 1. The van der Waals surface area contributed by atoms with Crippen LogP contribution in [0.1, 0.15) is 74.5 Å². The second kappa shape index (κ2) is 16.1. The van der Waals surface area contributed by atoms with Crippen LogP contribution in [0.15, 0.2) is 85.2 Å². The second-order valence-corrected chi connectivity index (χ2v) is 13.8. The summed E-state index contributed by atoms with van der Waals surface area (Å²) in [7, 11) is 1.30. The Hall–Kier alpha value is -6.10. The van der Waals surface area contributed by atoms with Gasteiger partial charge in [0.05, 0.1) is 37.3 Å². The van der Waals surface area contributed by atoms with Crippen molar-refractivity contribution < 1.29 is 14.3 Å². The predicted octanol–water partition coefficient (Wildman–Crippen LogP) is 7.01. The minimum Gasteiger partial charge on any atom is -0.453 e. The normalized spacial score (nSPS) is 17.1. The number of benzene rings is 3. The van der Waals surface area contributed by atoms with Crippen LogP contribution in [0.25, 0.3) is 33.5 Å². The van der Waals surface area contributed by atoms with Crippen LogP contribution in [0.3, 0.4) is 0 Å². The lowest BCUT2D eigenvalue weighted by molar-refractivity contribution is -0.135. The highest BCUT2D eigenvalue weighted by Crippen LogP contribution is 2.35. The van der Waals surface area contributed by atoms with Crippen molar-refractivity contribution in [1.82, 2.24) is 35.5 Å². The molecule has 53 heavy (non-hydrogen) atoms. The maximum absolute atomic E-state index is 13.7. The molecule has 2 aliphatic heterocycles. The molecular formula is C43H43N7O3. The van der Waals surface area contributed by atoms with Crippen LogP contribution in [-0.2, 0) is 9.53 Å². The van der Waals surface area contributed by atoms with Gasteiger partial charge >= 0.3 is 6.09 Å². The van der Waals surface area contributed by atoms with E-state index in [1.165, 1.54) is 7.11 Å². The molecule has 0 radical (unpaired) electrons. The number of carbonyl (C=O) groups is 2. The fraction of sp³-hybridized carbons (Fsp3) is 0.302. The summed E-state index contributed by atoms with van der Waals surface area (Å²) in [5.74, 6) is 13.8. The third-order valence-electron chi connectivity index (χ3n) is 9.91. The summed E-state index contributed by atoms with van der Waals surface area (Å²) in [6.07, 6.45) is 6.78. The van der Waals surface area contributed by atoms with Gasteiger partial charge in [0.2, 0.25) is 5.91 Å². The average molecular weight is 706 g/mol. The van der Waals surface area contributed by atoms with E-state index in [2.05, 4.69) is 91.7 Å². The van der Waals surface area contributed by atoms with Gasteiger partial charge in [-0.2, -0.15) is 0 Å². The lowest BCUT2D eigenvalue weighted by atomic mass is 9.95. The number of methoxy groups -OCH3 is 1. The third kappa shape index (κ3) is 8.04. The molecule has 10 nitrogen and oxygen atoms in total. The standard InChI is InChI=1S/C43H43N7O3/c1-28(2)39(49-43(52)53-3)42(51)50-24-10-16-38(50)41-46-27-37(48-41)33-22-21-31(13-7-8-14-34-26-45-40(47-34)36-15-9-23-44-36)35(25-33)32-19-17-30(18-20-32)29-11-5-4-6-12-29/h4-6,11-12,17-22,25-28,36,38-39,44H,9-10,15-16,23-24H2,1-3H3,(H,45,47)(H,46,48)(H,49,52)/t36?,38-,39-/m0/s1. The Morgan fingerprint density at radius 3 is 2.34 bits per heavy atom. The van der Waals surface area contributed by atoms with Crippen molar-refractivity contribution in [2.75, 3.05) is 20.2 Å². The monoisotopic (exact) mass is 705 g/mol. The molecule has 268 valence electrons. The lowest BCUT2D eigenvalue weighted by Gasteiger charge is -2.30. The van der Waals surface area contributed by atoms with Crippen LogP contribution in [-0.4, -0.2) is 63.1 Å². The molecule has 4 heterocycles. The molecule has 3 aromatic carbocycles. The predicted molar refractivity (Wildman–Crippen MR) is 205 cm³/mol. The second-order valence-electron chi connectivity index (χ2n) is 13.8. The van der Waals surface area contributed by atoms with Gasteiger partial charge in [0.25, 0.3) is 0 Å². The van der Waals surface area contributed by atoms with Crippen molar-refractivity contribution in [2.24, 2.45) is 5.92 Å². The number of aromatic amines is 2. The van der Waals surface area contributed by atoms with E-state index >= 15 is 0 Å². The van der Waals surface area contributed by atoms with Crippen LogP contribution in [0.2, 0.25) is 0 Å². The molecule has 2 aromatic heterocycles. The Labute approximate surface area is 310 Å². The summed E-state index contributed by atoms with van der Waals surface area (Å²) < 4.78 is 4.79. The number of H-pyrrole nitrogens is 2. The van der Waals surface area contributed by atoms with E-state index < -0.39 is 12.1 Å². The summed E-state index contributed by atoms with van der Waals surface area (Å²) in [6.45, 7) is 5.41. The molecule has 10 heteroatoms. The molecule has 7 rings (SSSR count). The molecule has 0 bridgehead atoms. The lowest BCUT2D eigenvalue weighted by Crippen LogP contribution is -2.51. The molecule has 2 fully saturated rings. The van der Waals surface area contributed by atoms with Crippen LogP contribution in [0, 0.1) is 29.6 Å². The zero-order valence-electron chi connectivity index (χ0n) is 30.2. The Kier molecular flexibility index (Phi) is 10.7. The number of nitrogens with one attached hydrogen (secondary N) is 4. The first-order chi connectivity index (χ1) is 25.9. The van der Waals surface area contributed by atoms with Crippen molar-refractivity contribution >= 4 is 12.0 Å². The molecule has 4 N–H and O–H groups in total. The van der Waals surface area contributed by atoms with E-state index in [1.54, 1.807) is 6.20 Å². The van der Waals surface area contributed by atoms with E-state index in [0.29, 0.717) is 12.4 Å².